The third-order valence-corrected chi connectivity index (χ3v) is 7.61. The number of sulfonamides is 1. The Hall–Kier alpha value is -3.85. The maximum Gasteiger partial charge on any atom is 0.356 e. The maximum atomic E-state index is 14.0. The number of rotatable bonds is 11. The number of nitrogens with one attached hydrogen (secondary N) is 2. The van der Waals surface area contributed by atoms with Crippen LogP contribution in [0, 0.1) is 12.7 Å². The van der Waals surface area contributed by atoms with Crippen molar-refractivity contribution in [2.45, 2.75) is 25.2 Å². The number of morpholine rings is 1. The zero-order valence-electron chi connectivity index (χ0n) is 22.0. The van der Waals surface area contributed by atoms with Crippen LogP contribution >= 0.6 is 0 Å². The van der Waals surface area contributed by atoms with E-state index in [1.54, 1.807) is 0 Å². The number of nitrogens with zero attached hydrogens (tertiary/aromatic N) is 3. The number of amides is 1. The van der Waals surface area contributed by atoms with Gasteiger partial charge < -0.3 is 19.9 Å². The predicted molar refractivity (Wildman–Crippen MR) is 143 cm³/mol. The van der Waals surface area contributed by atoms with E-state index in [0.29, 0.717) is 26.2 Å². The zero-order chi connectivity index (χ0) is 28.9. The van der Waals surface area contributed by atoms with Crippen LogP contribution in [0.4, 0.5) is 10.1 Å². The molecule has 0 saturated carbocycles. The second-order valence-corrected chi connectivity index (χ2v) is 10.9. The van der Waals surface area contributed by atoms with Gasteiger partial charge in [-0.25, -0.2) is 22.3 Å². The molecule has 4 rings (SSSR count). The van der Waals surface area contributed by atoms with Crippen LogP contribution in [0.1, 0.15) is 29.4 Å². The SMILES string of the molecule is CC(=O)Nc1ccc(Oc2c(C)c(C(=O)O)nn2-c2cccc(F)c2)c(S(=O)(=O)NCCCN2CCOCC2)c1. The Bertz CT molecular complexity index is 1500. The third kappa shape index (κ3) is 7.01. The molecule has 214 valence electrons. The molecular formula is C26H30FN5O7S. The van der Waals surface area contributed by atoms with Crippen molar-refractivity contribution in [3.8, 4) is 17.3 Å². The van der Waals surface area contributed by atoms with E-state index in [-0.39, 0.29) is 45.7 Å². The summed E-state index contributed by atoms with van der Waals surface area (Å²) in [6.07, 6.45) is 0.550. The van der Waals surface area contributed by atoms with Gasteiger partial charge in [0.15, 0.2) is 5.69 Å². The smallest absolute Gasteiger partial charge is 0.356 e. The van der Waals surface area contributed by atoms with Gasteiger partial charge in [0.05, 0.1) is 18.9 Å². The lowest BCUT2D eigenvalue weighted by Crippen LogP contribution is -2.38. The van der Waals surface area contributed by atoms with Crippen molar-refractivity contribution in [3.63, 3.8) is 0 Å². The van der Waals surface area contributed by atoms with E-state index in [4.69, 9.17) is 9.47 Å². The molecule has 40 heavy (non-hydrogen) atoms. The molecule has 12 nitrogen and oxygen atoms in total. The van der Waals surface area contributed by atoms with Crippen molar-refractivity contribution < 1.29 is 37.0 Å². The van der Waals surface area contributed by atoms with E-state index >= 15 is 0 Å². The molecule has 1 amide bonds. The Morgan fingerprint density at radius 1 is 1.18 bits per heavy atom. The summed E-state index contributed by atoms with van der Waals surface area (Å²) in [6.45, 7) is 6.40. The Kier molecular flexibility index (Phi) is 9.14. The average Bonchev–Trinajstić information content (AvgIpc) is 3.24. The molecular weight excluding hydrogens is 545 g/mol. The van der Waals surface area contributed by atoms with Crippen molar-refractivity contribution in [1.29, 1.82) is 0 Å². The van der Waals surface area contributed by atoms with Gasteiger partial charge in [-0.05, 0) is 56.3 Å². The van der Waals surface area contributed by atoms with Crippen LogP contribution in [0.25, 0.3) is 5.69 Å². The fraction of sp³-hybridized carbons (Fsp3) is 0.346. The van der Waals surface area contributed by atoms with Crippen molar-refractivity contribution in [2.75, 3.05) is 44.7 Å². The molecule has 1 aliphatic heterocycles. The second-order valence-electron chi connectivity index (χ2n) is 9.13. The zero-order valence-corrected chi connectivity index (χ0v) is 22.8. The number of halogens is 1. The minimum absolute atomic E-state index is 0.101. The minimum atomic E-state index is -4.15. The predicted octanol–water partition coefficient (Wildman–Crippen LogP) is 2.77. The van der Waals surface area contributed by atoms with Gasteiger partial charge in [0.25, 0.3) is 0 Å². The number of benzene rings is 2. The highest BCUT2D eigenvalue weighted by molar-refractivity contribution is 7.89. The Morgan fingerprint density at radius 3 is 2.60 bits per heavy atom. The van der Waals surface area contributed by atoms with E-state index in [2.05, 4.69) is 20.0 Å². The normalized spacial score (nSPS) is 14.2. The van der Waals surface area contributed by atoms with Crippen LogP contribution in [0.3, 0.4) is 0 Å². The molecule has 0 aliphatic carbocycles. The van der Waals surface area contributed by atoms with Crippen molar-refractivity contribution >= 4 is 27.6 Å². The van der Waals surface area contributed by atoms with Crippen LogP contribution in [-0.4, -0.2) is 79.5 Å². The number of hydrogen-bond donors (Lipinski definition) is 3. The van der Waals surface area contributed by atoms with E-state index in [1.807, 2.05) is 0 Å². The quantitative estimate of drug-likeness (QED) is 0.293. The van der Waals surface area contributed by atoms with Crippen LogP contribution in [-0.2, 0) is 19.6 Å². The number of carboxylic acid groups (broad SMARTS) is 1. The highest BCUT2D eigenvalue weighted by Gasteiger charge is 2.26. The van der Waals surface area contributed by atoms with E-state index in [1.165, 1.54) is 50.2 Å². The first-order valence-electron chi connectivity index (χ1n) is 12.5. The van der Waals surface area contributed by atoms with Gasteiger partial charge in [-0.15, -0.1) is 0 Å². The summed E-state index contributed by atoms with van der Waals surface area (Å²) in [7, 11) is -4.15. The number of carboxylic acids is 1. The van der Waals surface area contributed by atoms with Crippen molar-refractivity contribution in [3.05, 3.63) is 59.5 Å². The minimum Gasteiger partial charge on any atom is -0.476 e. The first kappa shape index (κ1) is 29.1. The number of carbonyl (C=O) groups is 2. The largest absolute Gasteiger partial charge is 0.476 e. The molecule has 2 heterocycles. The fourth-order valence-corrected chi connectivity index (χ4v) is 5.41. The number of ether oxygens (including phenoxy) is 2. The first-order chi connectivity index (χ1) is 19.0. The summed E-state index contributed by atoms with van der Waals surface area (Å²) < 4.78 is 55.8. The van der Waals surface area contributed by atoms with Crippen molar-refractivity contribution in [1.82, 2.24) is 19.4 Å². The van der Waals surface area contributed by atoms with E-state index in [9.17, 15) is 27.5 Å². The molecule has 0 unspecified atom stereocenters. The molecule has 2 aromatic carbocycles. The molecule has 1 aromatic heterocycles. The molecule has 14 heteroatoms. The van der Waals surface area contributed by atoms with Crippen LogP contribution in [0.2, 0.25) is 0 Å². The van der Waals surface area contributed by atoms with Crippen LogP contribution in [0.5, 0.6) is 11.6 Å². The average molecular weight is 576 g/mol. The maximum absolute atomic E-state index is 14.0. The molecule has 3 aromatic rings. The summed E-state index contributed by atoms with van der Waals surface area (Å²) >= 11 is 0. The van der Waals surface area contributed by atoms with E-state index < -0.39 is 27.7 Å². The monoisotopic (exact) mass is 575 g/mol. The summed E-state index contributed by atoms with van der Waals surface area (Å²) in [4.78, 5) is 25.3. The van der Waals surface area contributed by atoms with Gasteiger partial charge in [0, 0.05) is 37.8 Å². The Balaban J connectivity index is 1.67. The molecule has 3 N–H and O–H groups in total. The van der Waals surface area contributed by atoms with Gasteiger partial charge in [0.2, 0.25) is 21.8 Å². The lowest BCUT2D eigenvalue weighted by atomic mass is 10.2. The molecule has 1 fully saturated rings. The molecule has 0 radical (unpaired) electrons. The van der Waals surface area contributed by atoms with Gasteiger partial charge in [0.1, 0.15) is 16.5 Å². The topological polar surface area (TPSA) is 152 Å². The molecule has 0 spiro atoms. The molecule has 0 atom stereocenters. The second kappa shape index (κ2) is 12.6. The Morgan fingerprint density at radius 2 is 1.93 bits per heavy atom. The van der Waals surface area contributed by atoms with Gasteiger partial charge in [-0.2, -0.15) is 9.78 Å². The number of aromatic carboxylic acids is 1. The van der Waals surface area contributed by atoms with Crippen LogP contribution in [0.15, 0.2) is 47.4 Å². The summed E-state index contributed by atoms with van der Waals surface area (Å²) in [5.74, 6) is -2.58. The summed E-state index contributed by atoms with van der Waals surface area (Å²) in [5, 5.41) is 16.2. The van der Waals surface area contributed by atoms with Gasteiger partial charge in [-0.3, -0.25) is 9.69 Å². The lowest BCUT2D eigenvalue weighted by Gasteiger charge is -2.26. The highest BCUT2D eigenvalue weighted by atomic mass is 32.2. The number of hydrogen-bond acceptors (Lipinski definition) is 8. The third-order valence-electron chi connectivity index (χ3n) is 6.13. The summed E-state index contributed by atoms with van der Waals surface area (Å²) in [6, 6.07) is 9.32. The summed E-state index contributed by atoms with van der Waals surface area (Å²) in [5.41, 5.74) is 0.144. The highest BCUT2D eigenvalue weighted by Crippen LogP contribution is 2.35. The number of carbonyl (C=O) groups excluding carboxylic acids is 1. The lowest BCUT2D eigenvalue weighted by molar-refractivity contribution is -0.114. The van der Waals surface area contributed by atoms with Crippen LogP contribution < -0.4 is 14.8 Å². The first-order valence-corrected chi connectivity index (χ1v) is 14.0. The Labute approximate surface area is 230 Å². The van der Waals surface area contributed by atoms with E-state index in [0.717, 1.165) is 23.8 Å². The van der Waals surface area contributed by atoms with Gasteiger partial charge >= 0.3 is 5.97 Å². The number of anilines is 1. The standard InChI is InChI=1S/C26H30FN5O7S/c1-17-24(26(34)35)30-32(21-6-3-5-19(27)15-21)25(17)39-22-8-7-20(29-18(2)33)16-23(22)40(36,37)28-9-4-10-31-11-13-38-14-12-31/h3,5-8,15-16,28H,4,9-14H2,1-2H3,(H,29,33)(H,34,35). The fourth-order valence-electron chi connectivity index (χ4n) is 4.19. The molecule has 1 aliphatic rings. The number of aromatic nitrogens is 2. The molecule has 1 saturated heterocycles. The van der Waals surface area contributed by atoms with Gasteiger partial charge in [-0.1, -0.05) is 6.07 Å². The van der Waals surface area contributed by atoms with Crippen molar-refractivity contribution in [2.24, 2.45) is 0 Å². The molecule has 0 bridgehead atoms.